The van der Waals surface area contributed by atoms with Crippen LogP contribution in [0.5, 0.6) is 0 Å². The SMILES string of the molecule is NC[C@@H]1C[C@H](C(F)(F)F)CCN1c1ccc2c(c1)C(=O)N(C1CCC(=O)NC1=O)C2=O. The third kappa shape index (κ3) is 3.67. The number of fused-ring (bicyclic) bond motifs is 1. The van der Waals surface area contributed by atoms with Gasteiger partial charge in [-0.2, -0.15) is 13.2 Å². The Kier molecular flexibility index (Phi) is 5.24. The number of rotatable bonds is 3. The summed E-state index contributed by atoms with van der Waals surface area (Å²) in [5.41, 5.74) is 6.44. The van der Waals surface area contributed by atoms with Crippen molar-refractivity contribution < 1.29 is 32.3 Å². The van der Waals surface area contributed by atoms with Crippen LogP contribution in [0.2, 0.25) is 0 Å². The third-order valence-corrected chi connectivity index (χ3v) is 6.21. The summed E-state index contributed by atoms with van der Waals surface area (Å²) in [6.07, 6.45) is -4.47. The van der Waals surface area contributed by atoms with Gasteiger partial charge in [0.05, 0.1) is 17.0 Å². The molecule has 1 unspecified atom stereocenters. The van der Waals surface area contributed by atoms with Crippen molar-refractivity contribution in [1.82, 2.24) is 10.2 Å². The van der Waals surface area contributed by atoms with Crippen LogP contribution in [-0.4, -0.2) is 59.9 Å². The minimum absolute atomic E-state index is 0.0128. The van der Waals surface area contributed by atoms with Crippen LogP contribution in [0, 0.1) is 5.92 Å². The quantitative estimate of drug-likeness (QED) is 0.686. The molecule has 0 spiro atoms. The van der Waals surface area contributed by atoms with Crippen LogP contribution in [0.4, 0.5) is 18.9 Å². The van der Waals surface area contributed by atoms with E-state index in [0.717, 1.165) is 4.90 Å². The average molecular weight is 438 g/mol. The molecule has 4 rings (SSSR count). The molecule has 0 radical (unpaired) electrons. The Bertz CT molecular complexity index is 964. The summed E-state index contributed by atoms with van der Waals surface area (Å²) in [4.78, 5) is 51.8. The summed E-state index contributed by atoms with van der Waals surface area (Å²) < 4.78 is 39.4. The lowest BCUT2D eigenvalue weighted by atomic mass is 9.89. The summed E-state index contributed by atoms with van der Waals surface area (Å²) in [6.45, 7) is 0.128. The molecule has 0 aromatic heterocycles. The lowest BCUT2D eigenvalue weighted by molar-refractivity contribution is -0.181. The van der Waals surface area contributed by atoms with Crippen molar-refractivity contribution in [3.8, 4) is 0 Å². The first-order valence-electron chi connectivity index (χ1n) is 10.0. The summed E-state index contributed by atoms with van der Waals surface area (Å²) in [5, 5.41) is 2.13. The van der Waals surface area contributed by atoms with E-state index in [0.29, 0.717) is 5.69 Å². The van der Waals surface area contributed by atoms with Crippen molar-refractivity contribution in [3.05, 3.63) is 29.3 Å². The van der Waals surface area contributed by atoms with Crippen LogP contribution in [0.15, 0.2) is 18.2 Å². The molecule has 8 nitrogen and oxygen atoms in total. The highest BCUT2D eigenvalue weighted by Crippen LogP contribution is 2.39. The highest BCUT2D eigenvalue weighted by molar-refractivity contribution is 6.23. The number of alkyl halides is 3. The highest BCUT2D eigenvalue weighted by atomic mass is 19.4. The maximum absolute atomic E-state index is 13.1. The minimum atomic E-state index is -4.29. The Morgan fingerprint density at radius 1 is 1.06 bits per heavy atom. The van der Waals surface area contributed by atoms with Gasteiger partial charge in [-0.15, -0.1) is 0 Å². The van der Waals surface area contributed by atoms with Gasteiger partial charge in [0.15, 0.2) is 0 Å². The Balaban J connectivity index is 1.59. The number of nitrogens with two attached hydrogens (primary N) is 1. The molecule has 0 saturated carbocycles. The predicted molar refractivity (Wildman–Crippen MR) is 102 cm³/mol. The second-order valence-corrected chi connectivity index (χ2v) is 8.02. The normalized spacial score (nSPS) is 26.9. The number of imide groups is 2. The van der Waals surface area contributed by atoms with E-state index in [-0.39, 0.29) is 49.9 Å². The maximum Gasteiger partial charge on any atom is 0.391 e. The summed E-state index contributed by atoms with van der Waals surface area (Å²) in [5.74, 6) is -3.89. The van der Waals surface area contributed by atoms with E-state index >= 15 is 0 Å². The van der Waals surface area contributed by atoms with Crippen molar-refractivity contribution in [2.45, 2.75) is 43.9 Å². The Morgan fingerprint density at radius 2 is 1.77 bits per heavy atom. The number of nitrogens with zero attached hydrogens (tertiary/aromatic N) is 2. The molecule has 3 aliphatic rings. The average Bonchev–Trinajstić information content (AvgIpc) is 2.97. The fourth-order valence-corrected chi connectivity index (χ4v) is 4.55. The van der Waals surface area contributed by atoms with Crippen molar-refractivity contribution in [3.63, 3.8) is 0 Å². The first-order valence-corrected chi connectivity index (χ1v) is 10.0. The molecule has 1 aromatic rings. The fourth-order valence-electron chi connectivity index (χ4n) is 4.55. The molecular weight excluding hydrogens is 417 g/mol. The molecule has 4 amide bonds. The monoisotopic (exact) mass is 438 g/mol. The van der Waals surface area contributed by atoms with E-state index in [1.807, 2.05) is 0 Å². The molecule has 3 atom stereocenters. The summed E-state index contributed by atoms with van der Waals surface area (Å²) in [7, 11) is 0. The molecule has 0 bridgehead atoms. The largest absolute Gasteiger partial charge is 0.391 e. The molecule has 2 saturated heterocycles. The van der Waals surface area contributed by atoms with Gasteiger partial charge in [-0.1, -0.05) is 0 Å². The van der Waals surface area contributed by atoms with Gasteiger partial charge < -0.3 is 10.6 Å². The minimum Gasteiger partial charge on any atom is -0.367 e. The smallest absolute Gasteiger partial charge is 0.367 e. The van der Waals surface area contributed by atoms with Gasteiger partial charge in [-0.25, -0.2) is 0 Å². The van der Waals surface area contributed by atoms with Gasteiger partial charge in [0.2, 0.25) is 11.8 Å². The van der Waals surface area contributed by atoms with E-state index in [1.54, 1.807) is 11.0 Å². The lowest BCUT2D eigenvalue weighted by Gasteiger charge is -2.41. The van der Waals surface area contributed by atoms with E-state index in [2.05, 4.69) is 5.32 Å². The fraction of sp³-hybridized carbons (Fsp3) is 0.500. The van der Waals surface area contributed by atoms with Gasteiger partial charge in [0, 0.05) is 31.2 Å². The Labute approximate surface area is 175 Å². The number of hydrogen-bond donors (Lipinski definition) is 2. The molecule has 166 valence electrons. The molecular formula is C20H21F3N4O4. The maximum atomic E-state index is 13.1. The highest BCUT2D eigenvalue weighted by Gasteiger charge is 2.46. The van der Waals surface area contributed by atoms with Crippen LogP contribution in [0.3, 0.4) is 0 Å². The number of carbonyl (C=O) groups excluding carboxylic acids is 4. The van der Waals surface area contributed by atoms with Crippen LogP contribution in [0.25, 0.3) is 0 Å². The van der Waals surface area contributed by atoms with Crippen molar-refractivity contribution in [2.75, 3.05) is 18.0 Å². The number of halogens is 3. The number of benzene rings is 1. The predicted octanol–water partition coefficient (Wildman–Crippen LogP) is 1.19. The molecule has 3 heterocycles. The zero-order chi connectivity index (χ0) is 22.5. The second-order valence-electron chi connectivity index (χ2n) is 8.02. The number of anilines is 1. The number of nitrogens with one attached hydrogen (secondary N) is 1. The topological polar surface area (TPSA) is 113 Å². The lowest BCUT2D eigenvalue weighted by Crippen LogP contribution is -2.54. The number of piperidine rings is 2. The van der Waals surface area contributed by atoms with E-state index in [9.17, 15) is 32.3 Å². The van der Waals surface area contributed by atoms with Crippen molar-refractivity contribution in [2.24, 2.45) is 11.7 Å². The van der Waals surface area contributed by atoms with E-state index < -0.39 is 47.8 Å². The van der Waals surface area contributed by atoms with E-state index in [1.165, 1.54) is 12.1 Å². The summed E-state index contributed by atoms with van der Waals surface area (Å²) >= 11 is 0. The zero-order valence-corrected chi connectivity index (χ0v) is 16.4. The van der Waals surface area contributed by atoms with Crippen LogP contribution < -0.4 is 16.0 Å². The van der Waals surface area contributed by atoms with Crippen molar-refractivity contribution >= 4 is 29.3 Å². The van der Waals surface area contributed by atoms with Gasteiger partial charge in [-0.3, -0.25) is 29.4 Å². The first-order chi connectivity index (χ1) is 14.6. The van der Waals surface area contributed by atoms with Gasteiger partial charge >= 0.3 is 6.18 Å². The zero-order valence-electron chi connectivity index (χ0n) is 16.4. The molecule has 1 aromatic carbocycles. The number of amides is 4. The number of hydrogen-bond acceptors (Lipinski definition) is 6. The molecule has 31 heavy (non-hydrogen) atoms. The standard InChI is InChI=1S/C20H21F3N4O4/c21-20(22,23)10-5-6-26(12(7-10)9-24)11-1-2-13-14(8-11)19(31)27(18(13)30)15-3-4-16(28)25-17(15)29/h1-2,8,10,12,15H,3-7,9,24H2,(H,25,28,29)/t10-,12+,15?/m1/s1. The van der Waals surface area contributed by atoms with E-state index in [4.69, 9.17) is 5.73 Å². The molecule has 0 aliphatic carbocycles. The molecule has 2 fully saturated rings. The third-order valence-electron chi connectivity index (χ3n) is 6.21. The first kappa shape index (κ1) is 21.3. The van der Waals surface area contributed by atoms with Crippen LogP contribution >= 0.6 is 0 Å². The molecule has 3 N–H and O–H groups in total. The Hall–Kier alpha value is -2.95. The van der Waals surface area contributed by atoms with Gasteiger partial charge in [0.25, 0.3) is 11.8 Å². The second kappa shape index (κ2) is 7.63. The summed E-state index contributed by atoms with van der Waals surface area (Å²) in [6, 6.07) is 2.86. The molecule has 3 aliphatic heterocycles. The number of carbonyl (C=O) groups is 4. The van der Waals surface area contributed by atoms with Crippen molar-refractivity contribution in [1.29, 1.82) is 0 Å². The van der Waals surface area contributed by atoms with Gasteiger partial charge in [-0.05, 0) is 37.5 Å². The van der Waals surface area contributed by atoms with Crippen LogP contribution in [0.1, 0.15) is 46.4 Å². The molecule has 11 heteroatoms. The Morgan fingerprint density at radius 3 is 2.42 bits per heavy atom. The van der Waals surface area contributed by atoms with Crippen LogP contribution in [-0.2, 0) is 9.59 Å². The van der Waals surface area contributed by atoms with Gasteiger partial charge in [0.1, 0.15) is 6.04 Å².